The smallest absolute Gasteiger partial charge is 0.0198 e. The first kappa shape index (κ1) is 18.6. The Labute approximate surface area is 149 Å². The van der Waals surface area contributed by atoms with E-state index >= 15 is 0 Å². The lowest BCUT2D eigenvalue weighted by Gasteiger charge is -2.39. The van der Waals surface area contributed by atoms with Crippen molar-refractivity contribution in [3.8, 4) is 0 Å². The van der Waals surface area contributed by atoms with E-state index in [-0.39, 0.29) is 0 Å². The fourth-order valence-corrected chi connectivity index (χ4v) is 4.59. The highest BCUT2D eigenvalue weighted by Crippen LogP contribution is 2.16. The Morgan fingerprint density at radius 3 is 1.62 bits per heavy atom. The predicted molar refractivity (Wildman–Crippen MR) is 102 cm³/mol. The third-order valence-electron chi connectivity index (χ3n) is 6.16. The van der Waals surface area contributed by atoms with Gasteiger partial charge in [-0.1, -0.05) is 6.42 Å². The molecule has 4 saturated heterocycles. The Morgan fingerprint density at radius 2 is 1.08 bits per heavy atom. The Balaban J connectivity index is 1.73. The van der Waals surface area contributed by atoms with Crippen molar-refractivity contribution in [3.05, 3.63) is 0 Å². The van der Waals surface area contributed by atoms with Gasteiger partial charge in [0, 0.05) is 51.4 Å². The van der Waals surface area contributed by atoms with Crippen molar-refractivity contribution >= 4 is 0 Å². The highest BCUT2D eigenvalue weighted by atomic mass is 15.2. The summed E-state index contributed by atoms with van der Waals surface area (Å²) in [4.78, 5) is 10.5. The molecule has 4 heterocycles. The molecule has 24 heavy (non-hydrogen) atoms. The summed E-state index contributed by atoms with van der Waals surface area (Å²) in [6, 6.07) is 1.41. The van der Waals surface area contributed by atoms with Gasteiger partial charge in [0.05, 0.1) is 0 Å². The molecule has 0 aromatic rings. The number of likely N-dealkylation sites (N-methyl/N-ethyl adjacent to an activating group) is 1. The second-order valence-corrected chi connectivity index (χ2v) is 8.41. The van der Waals surface area contributed by atoms with Crippen LogP contribution < -0.4 is 5.32 Å². The third kappa shape index (κ3) is 5.95. The molecule has 5 nitrogen and oxygen atoms in total. The van der Waals surface area contributed by atoms with Crippen LogP contribution in [-0.2, 0) is 0 Å². The topological polar surface area (TPSA) is 25.0 Å². The van der Waals surface area contributed by atoms with Crippen molar-refractivity contribution in [3.63, 3.8) is 0 Å². The van der Waals surface area contributed by atoms with E-state index in [9.17, 15) is 0 Å². The molecule has 4 aliphatic rings. The molecule has 4 bridgehead atoms. The van der Waals surface area contributed by atoms with Crippen LogP contribution in [0.25, 0.3) is 0 Å². The number of hydrogen-bond donors (Lipinski definition) is 1. The normalized spacial score (nSPS) is 38.8. The molecule has 4 unspecified atom stereocenters. The molecule has 0 saturated carbocycles. The quantitative estimate of drug-likeness (QED) is 0.704. The van der Waals surface area contributed by atoms with E-state index in [1.165, 1.54) is 97.6 Å². The second-order valence-electron chi connectivity index (χ2n) is 8.41. The highest BCUT2D eigenvalue weighted by molar-refractivity contribution is 4.86. The number of nitrogens with zero attached hydrogens (tertiary/aromatic N) is 4. The summed E-state index contributed by atoms with van der Waals surface area (Å²) in [5, 5.41) is 4.00. The number of piperidine rings is 1. The molecular weight excluding hydrogens is 298 g/mol. The summed E-state index contributed by atoms with van der Waals surface area (Å²) in [6.45, 7) is 12.4. The van der Waals surface area contributed by atoms with Crippen molar-refractivity contribution in [2.24, 2.45) is 0 Å². The molecule has 0 spiro atoms. The van der Waals surface area contributed by atoms with Gasteiger partial charge in [0.25, 0.3) is 0 Å². The Hall–Kier alpha value is -0.200. The lowest BCUT2D eigenvalue weighted by molar-refractivity contribution is 0.128. The largest absolute Gasteiger partial charge is 0.309 e. The molecule has 1 N–H and O–H groups in total. The zero-order valence-corrected chi connectivity index (χ0v) is 16.1. The number of hydrogen-bond acceptors (Lipinski definition) is 5. The van der Waals surface area contributed by atoms with Crippen LogP contribution in [-0.4, -0.2) is 111 Å². The minimum Gasteiger partial charge on any atom is -0.309 e. The minimum absolute atomic E-state index is 0.705. The van der Waals surface area contributed by atoms with Gasteiger partial charge >= 0.3 is 0 Å². The molecule has 0 amide bonds. The molecule has 5 heteroatoms. The Kier molecular flexibility index (Phi) is 7.35. The summed E-state index contributed by atoms with van der Waals surface area (Å²) in [5.41, 5.74) is 0. The standard InChI is InChI=1S/C19H39N5/c1-21-8-4-10-23-14-12-22(2)13-15-24(11-5-9-21)17-19-7-3-6-18(16-23)20-19/h18-20H,3-17H2,1-2H3. The van der Waals surface area contributed by atoms with Crippen LogP contribution in [0.3, 0.4) is 0 Å². The van der Waals surface area contributed by atoms with Crippen molar-refractivity contribution in [1.82, 2.24) is 24.9 Å². The maximum absolute atomic E-state index is 4.00. The van der Waals surface area contributed by atoms with Crippen LogP contribution in [0.15, 0.2) is 0 Å². The Morgan fingerprint density at radius 1 is 0.583 bits per heavy atom. The molecular formula is C19H39N5. The van der Waals surface area contributed by atoms with Crippen LogP contribution >= 0.6 is 0 Å². The maximum atomic E-state index is 4.00. The highest BCUT2D eigenvalue weighted by Gasteiger charge is 2.25. The fourth-order valence-electron chi connectivity index (χ4n) is 4.59. The van der Waals surface area contributed by atoms with Gasteiger partial charge < -0.3 is 24.9 Å². The molecule has 0 radical (unpaired) electrons. The predicted octanol–water partition coefficient (Wildman–Crippen LogP) is 0.772. The maximum Gasteiger partial charge on any atom is 0.0198 e. The third-order valence-corrected chi connectivity index (χ3v) is 6.16. The summed E-state index contributed by atoms with van der Waals surface area (Å²) in [6.07, 6.45) is 6.75. The lowest BCUT2D eigenvalue weighted by atomic mass is 9.97. The molecule has 140 valence electrons. The van der Waals surface area contributed by atoms with Crippen LogP contribution in [0.1, 0.15) is 32.1 Å². The first-order valence-corrected chi connectivity index (χ1v) is 10.3. The van der Waals surface area contributed by atoms with E-state index in [2.05, 4.69) is 39.0 Å². The van der Waals surface area contributed by atoms with Gasteiger partial charge in [-0.05, 0) is 66.0 Å². The first-order valence-electron chi connectivity index (χ1n) is 10.3. The van der Waals surface area contributed by atoms with E-state index in [1.54, 1.807) is 0 Å². The molecule has 0 aromatic heterocycles. The van der Waals surface area contributed by atoms with Gasteiger partial charge in [-0.15, -0.1) is 0 Å². The van der Waals surface area contributed by atoms with Gasteiger partial charge in [0.15, 0.2) is 0 Å². The number of fused-ring (bicyclic) bond motifs is 10. The molecule has 4 rings (SSSR count). The number of rotatable bonds is 0. The molecule has 4 aliphatic heterocycles. The van der Waals surface area contributed by atoms with E-state index in [4.69, 9.17) is 0 Å². The van der Waals surface area contributed by atoms with E-state index < -0.39 is 0 Å². The van der Waals surface area contributed by atoms with Gasteiger partial charge in [-0.25, -0.2) is 0 Å². The van der Waals surface area contributed by atoms with Crippen LogP contribution in [0.2, 0.25) is 0 Å². The summed E-state index contributed by atoms with van der Waals surface area (Å²) >= 11 is 0. The van der Waals surface area contributed by atoms with Crippen LogP contribution in [0.5, 0.6) is 0 Å². The van der Waals surface area contributed by atoms with Gasteiger partial charge in [0.2, 0.25) is 0 Å². The average Bonchev–Trinajstić information content (AvgIpc) is 2.56. The van der Waals surface area contributed by atoms with Crippen LogP contribution in [0, 0.1) is 0 Å². The van der Waals surface area contributed by atoms with Crippen molar-refractivity contribution in [2.45, 2.75) is 44.2 Å². The van der Waals surface area contributed by atoms with E-state index in [0.29, 0.717) is 12.1 Å². The fraction of sp³-hybridized carbons (Fsp3) is 1.00. The number of nitrogens with one attached hydrogen (secondary N) is 1. The summed E-state index contributed by atoms with van der Waals surface area (Å²) < 4.78 is 0. The zero-order valence-electron chi connectivity index (χ0n) is 16.1. The zero-order chi connectivity index (χ0) is 16.8. The van der Waals surface area contributed by atoms with Gasteiger partial charge in [-0.3, -0.25) is 0 Å². The van der Waals surface area contributed by atoms with E-state index in [0.717, 1.165) is 0 Å². The van der Waals surface area contributed by atoms with Gasteiger partial charge in [-0.2, -0.15) is 0 Å². The monoisotopic (exact) mass is 337 g/mol. The summed E-state index contributed by atoms with van der Waals surface area (Å²) in [5.74, 6) is 0. The minimum atomic E-state index is 0.705. The van der Waals surface area contributed by atoms with Crippen molar-refractivity contribution in [2.75, 3.05) is 79.5 Å². The average molecular weight is 338 g/mol. The lowest BCUT2D eigenvalue weighted by Crippen LogP contribution is -2.54. The summed E-state index contributed by atoms with van der Waals surface area (Å²) in [7, 11) is 4.61. The molecule has 0 aromatic carbocycles. The first-order chi connectivity index (χ1) is 11.7. The van der Waals surface area contributed by atoms with Gasteiger partial charge in [0.1, 0.15) is 0 Å². The second kappa shape index (κ2) is 9.48. The molecule has 0 aliphatic carbocycles. The van der Waals surface area contributed by atoms with Crippen LogP contribution in [0.4, 0.5) is 0 Å². The molecule has 4 fully saturated rings. The van der Waals surface area contributed by atoms with Crippen molar-refractivity contribution in [1.29, 1.82) is 0 Å². The Bertz CT molecular complexity index is 334. The SMILES string of the molecule is CN1CCCN2CCN(C)CCN(CCC1)CC1CCCC(C2)N1. The molecule has 4 atom stereocenters. The van der Waals surface area contributed by atoms with E-state index in [1.807, 2.05) is 0 Å². The van der Waals surface area contributed by atoms with Crippen molar-refractivity contribution < 1.29 is 0 Å².